The van der Waals surface area contributed by atoms with E-state index in [1.54, 1.807) is 14.2 Å². The molecule has 0 saturated heterocycles. The molecule has 1 aromatic heterocycles. The van der Waals surface area contributed by atoms with Crippen LogP contribution in [0.25, 0.3) is 33.9 Å². The summed E-state index contributed by atoms with van der Waals surface area (Å²) < 4.78 is 19.4. The third-order valence-electron chi connectivity index (χ3n) is 7.09. The summed E-state index contributed by atoms with van der Waals surface area (Å²) in [6.45, 7) is 5.94. The highest BCUT2D eigenvalue weighted by Gasteiger charge is 2.22. The standard InChI is InChI=1S/C34H43N3O3/c1-7-9-10-11-22-37-33(26-14-19-29(39-6)20-15-26)32(25-12-17-28(38-5)18-13-25)35-34(37)27-16-21-31(40-23-8-2)30(24-27)36(3)4/h12-21,24H,7-11,22-23H2,1-6H3. The SMILES string of the molecule is CCCCCCn1c(-c2ccc(OCCC)c(N(C)C)c2)nc(-c2ccc(OC)cc2)c1-c1ccc(OC)cc1. The Kier molecular flexibility index (Phi) is 10.1. The number of imidazole rings is 1. The topological polar surface area (TPSA) is 48.8 Å². The van der Waals surface area contributed by atoms with Gasteiger partial charge in [-0.05, 0) is 79.6 Å². The van der Waals surface area contributed by atoms with Crippen LogP contribution in [-0.2, 0) is 6.54 Å². The molecule has 1 heterocycles. The molecule has 3 aromatic carbocycles. The predicted molar refractivity (Wildman–Crippen MR) is 166 cm³/mol. The molecule has 212 valence electrons. The fourth-order valence-electron chi connectivity index (χ4n) is 4.92. The largest absolute Gasteiger partial charge is 0.497 e. The first kappa shape index (κ1) is 29.1. The third-order valence-corrected chi connectivity index (χ3v) is 7.09. The minimum absolute atomic E-state index is 0.690. The lowest BCUT2D eigenvalue weighted by Crippen LogP contribution is -2.11. The molecule has 0 bridgehead atoms. The Morgan fingerprint density at radius 3 is 1.93 bits per heavy atom. The number of anilines is 1. The van der Waals surface area contributed by atoms with Crippen molar-refractivity contribution in [1.29, 1.82) is 0 Å². The lowest BCUT2D eigenvalue weighted by Gasteiger charge is -2.19. The number of aromatic nitrogens is 2. The molecular weight excluding hydrogens is 498 g/mol. The summed E-state index contributed by atoms with van der Waals surface area (Å²) in [5, 5.41) is 0. The van der Waals surface area contributed by atoms with E-state index < -0.39 is 0 Å². The van der Waals surface area contributed by atoms with Crippen molar-refractivity contribution in [2.75, 3.05) is 39.8 Å². The van der Waals surface area contributed by atoms with E-state index in [9.17, 15) is 0 Å². The second kappa shape index (κ2) is 13.9. The summed E-state index contributed by atoms with van der Waals surface area (Å²) in [5.41, 5.74) is 6.33. The third kappa shape index (κ3) is 6.61. The minimum atomic E-state index is 0.690. The van der Waals surface area contributed by atoms with Crippen LogP contribution >= 0.6 is 0 Å². The van der Waals surface area contributed by atoms with E-state index in [2.05, 4.69) is 79.9 Å². The number of nitrogens with zero attached hydrogens (tertiary/aromatic N) is 3. The van der Waals surface area contributed by atoms with Gasteiger partial charge >= 0.3 is 0 Å². The molecule has 0 spiro atoms. The Morgan fingerprint density at radius 2 is 1.35 bits per heavy atom. The average Bonchev–Trinajstić information content (AvgIpc) is 3.37. The van der Waals surface area contributed by atoms with Crippen molar-refractivity contribution in [2.24, 2.45) is 0 Å². The summed E-state index contributed by atoms with van der Waals surface area (Å²) >= 11 is 0. The number of benzene rings is 3. The first-order valence-corrected chi connectivity index (χ1v) is 14.3. The van der Waals surface area contributed by atoms with Gasteiger partial charge in [-0.1, -0.05) is 33.1 Å². The fraction of sp³-hybridized carbons (Fsp3) is 0.382. The van der Waals surface area contributed by atoms with Gasteiger partial charge in [-0.3, -0.25) is 0 Å². The molecule has 0 aliphatic carbocycles. The van der Waals surface area contributed by atoms with Crippen LogP contribution in [0.1, 0.15) is 46.0 Å². The molecule has 0 amide bonds. The van der Waals surface area contributed by atoms with Crippen LogP contribution in [0.5, 0.6) is 17.2 Å². The van der Waals surface area contributed by atoms with E-state index in [0.717, 1.165) is 76.2 Å². The van der Waals surface area contributed by atoms with Gasteiger partial charge in [-0.2, -0.15) is 0 Å². The number of ether oxygens (including phenoxy) is 3. The Balaban J connectivity index is 1.93. The first-order chi connectivity index (χ1) is 19.5. The van der Waals surface area contributed by atoms with Crippen LogP contribution in [0.2, 0.25) is 0 Å². The quantitative estimate of drug-likeness (QED) is 0.150. The highest BCUT2D eigenvalue weighted by molar-refractivity contribution is 5.83. The van der Waals surface area contributed by atoms with E-state index in [-0.39, 0.29) is 0 Å². The van der Waals surface area contributed by atoms with Crippen LogP contribution in [0.3, 0.4) is 0 Å². The smallest absolute Gasteiger partial charge is 0.142 e. The highest BCUT2D eigenvalue weighted by atomic mass is 16.5. The van der Waals surface area contributed by atoms with Crippen molar-refractivity contribution in [2.45, 2.75) is 52.5 Å². The van der Waals surface area contributed by atoms with E-state index >= 15 is 0 Å². The van der Waals surface area contributed by atoms with Crippen molar-refractivity contribution in [3.05, 3.63) is 66.7 Å². The fourth-order valence-corrected chi connectivity index (χ4v) is 4.92. The Labute approximate surface area is 239 Å². The Morgan fingerprint density at radius 1 is 0.725 bits per heavy atom. The monoisotopic (exact) mass is 541 g/mol. The zero-order chi connectivity index (χ0) is 28.5. The second-order valence-electron chi connectivity index (χ2n) is 10.2. The molecular formula is C34H43N3O3. The maximum atomic E-state index is 6.08. The van der Waals surface area contributed by atoms with Crippen LogP contribution in [0, 0.1) is 0 Å². The Hall–Kier alpha value is -3.93. The maximum Gasteiger partial charge on any atom is 0.142 e. The molecule has 0 N–H and O–H groups in total. The maximum absolute atomic E-state index is 6.08. The molecule has 0 aliphatic rings. The van der Waals surface area contributed by atoms with Crippen LogP contribution in [-0.4, -0.2) is 44.5 Å². The lowest BCUT2D eigenvalue weighted by molar-refractivity contribution is 0.318. The normalized spacial score (nSPS) is 10.9. The zero-order valence-corrected chi connectivity index (χ0v) is 24.9. The summed E-state index contributed by atoms with van der Waals surface area (Å²) in [7, 11) is 7.50. The van der Waals surface area contributed by atoms with Gasteiger partial charge < -0.3 is 23.7 Å². The van der Waals surface area contributed by atoms with Crippen molar-refractivity contribution >= 4 is 5.69 Å². The molecule has 0 saturated carbocycles. The highest BCUT2D eigenvalue weighted by Crippen LogP contribution is 2.40. The minimum Gasteiger partial charge on any atom is -0.497 e. The van der Waals surface area contributed by atoms with Gasteiger partial charge in [-0.15, -0.1) is 0 Å². The summed E-state index contributed by atoms with van der Waals surface area (Å²) in [4.78, 5) is 7.46. The summed E-state index contributed by atoms with van der Waals surface area (Å²) in [5.74, 6) is 3.51. The average molecular weight is 542 g/mol. The van der Waals surface area contributed by atoms with Crippen molar-refractivity contribution in [3.63, 3.8) is 0 Å². The molecule has 0 atom stereocenters. The molecule has 6 heteroatoms. The zero-order valence-electron chi connectivity index (χ0n) is 24.9. The van der Waals surface area contributed by atoms with Gasteiger partial charge in [0, 0.05) is 37.3 Å². The molecule has 6 nitrogen and oxygen atoms in total. The molecule has 4 rings (SSSR count). The Bertz CT molecular complexity index is 1360. The first-order valence-electron chi connectivity index (χ1n) is 14.3. The number of hydrogen-bond acceptors (Lipinski definition) is 5. The van der Waals surface area contributed by atoms with Gasteiger partial charge in [0.15, 0.2) is 0 Å². The molecule has 0 radical (unpaired) electrons. The summed E-state index contributed by atoms with van der Waals surface area (Å²) in [6.07, 6.45) is 5.65. The van der Waals surface area contributed by atoms with Crippen LogP contribution in [0.4, 0.5) is 5.69 Å². The van der Waals surface area contributed by atoms with Gasteiger partial charge in [0.2, 0.25) is 0 Å². The summed E-state index contributed by atoms with van der Waals surface area (Å²) in [6, 6.07) is 22.9. The number of methoxy groups -OCH3 is 2. The van der Waals surface area contributed by atoms with E-state index in [1.165, 1.54) is 19.3 Å². The molecule has 4 aromatic rings. The molecule has 0 fully saturated rings. The van der Waals surface area contributed by atoms with Gasteiger partial charge in [0.05, 0.1) is 37.9 Å². The van der Waals surface area contributed by atoms with Crippen LogP contribution in [0.15, 0.2) is 66.7 Å². The van der Waals surface area contributed by atoms with E-state index in [1.807, 2.05) is 24.3 Å². The second-order valence-corrected chi connectivity index (χ2v) is 10.2. The molecule has 0 unspecified atom stereocenters. The predicted octanol–water partition coefficient (Wildman–Crippen LogP) is 8.34. The number of rotatable bonds is 14. The van der Waals surface area contributed by atoms with Crippen LogP contribution < -0.4 is 19.1 Å². The van der Waals surface area contributed by atoms with E-state index in [4.69, 9.17) is 19.2 Å². The van der Waals surface area contributed by atoms with Gasteiger partial charge in [0.25, 0.3) is 0 Å². The van der Waals surface area contributed by atoms with Gasteiger partial charge in [-0.25, -0.2) is 4.98 Å². The van der Waals surface area contributed by atoms with Gasteiger partial charge in [0.1, 0.15) is 23.1 Å². The van der Waals surface area contributed by atoms with Crippen molar-refractivity contribution < 1.29 is 14.2 Å². The van der Waals surface area contributed by atoms with Crippen molar-refractivity contribution in [3.8, 4) is 51.2 Å². The lowest BCUT2D eigenvalue weighted by atomic mass is 10.0. The van der Waals surface area contributed by atoms with E-state index in [0.29, 0.717) is 6.61 Å². The molecule has 40 heavy (non-hydrogen) atoms. The van der Waals surface area contributed by atoms with Crippen molar-refractivity contribution in [1.82, 2.24) is 9.55 Å². The number of hydrogen-bond donors (Lipinski definition) is 0. The number of unbranched alkanes of at least 4 members (excludes halogenated alkanes) is 3. The molecule has 0 aliphatic heterocycles.